The van der Waals surface area contributed by atoms with Crippen LogP contribution < -0.4 is 0 Å². The molecule has 0 spiro atoms. The first-order valence-electron chi connectivity index (χ1n) is 8.73. The summed E-state index contributed by atoms with van der Waals surface area (Å²) in [6, 6.07) is 0. The highest BCUT2D eigenvalue weighted by Crippen LogP contribution is 2.53. The average molecular weight is 330 g/mol. The second-order valence-electron chi connectivity index (χ2n) is 7.70. The van der Waals surface area contributed by atoms with Gasteiger partial charge in [-0.1, -0.05) is 19.9 Å². The lowest BCUT2D eigenvalue weighted by molar-refractivity contribution is -0.150. The zero-order chi connectivity index (χ0) is 17.6. The van der Waals surface area contributed by atoms with E-state index in [-0.39, 0.29) is 29.2 Å². The van der Waals surface area contributed by atoms with Gasteiger partial charge in [0, 0.05) is 17.1 Å². The summed E-state index contributed by atoms with van der Waals surface area (Å²) in [5, 5.41) is 0. The van der Waals surface area contributed by atoms with Gasteiger partial charge in [0.1, 0.15) is 6.10 Å². The van der Waals surface area contributed by atoms with Gasteiger partial charge < -0.3 is 9.15 Å². The number of hydrogen-bond acceptors (Lipinski definition) is 4. The van der Waals surface area contributed by atoms with Crippen molar-refractivity contribution in [1.82, 2.24) is 0 Å². The molecular weight excluding hydrogens is 304 g/mol. The van der Waals surface area contributed by atoms with Gasteiger partial charge in [0.15, 0.2) is 5.76 Å². The highest BCUT2D eigenvalue weighted by atomic mass is 16.5. The van der Waals surface area contributed by atoms with E-state index in [1.807, 2.05) is 13.8 Å². The number of hydrogen-bond donors (Lipinski definition) is 0. The van der Waals surface area contributed by atoms with Crippen LogP contribution in [0.5, 0.6) is 0 Å². The van der Waals surface area contributed by atoms with Crippen molar-refractivity contribution in [2.24, 2.45) is 17.3 Å². The predicted molar refractivity (Wildman–Crippen MR) is 90.8 cm³/mol. The standard InChI is InChI=1S/C20H26O4/c1-6-11(2)19(22)24-14-7-13(4)20(5)9-15-12(3)10-23-18(15)17(21)16(20)8-14/h6,10,13-14,16H,7-9H2,1-5H3/b11-6-/t13-,14-,16-,20+/m0/s1. The van der Waals surface area contributed by atoms with E-state index in [0.29, 0.717) is 23.7 Å². The van der Waals surface area contributed by atoms with Crippen molar-refractivity contribution in [1.29, 1.82) is 0 Å². The lowest BCUT2D eigenvalue weighted by Gasteiger charge is -2.49. The quantitative estimate of drug-likeness (QED) is 0.600. The number of carbonyl (C=O) groups is 2. The highest BCUT2D eigenvalue weighted by molar-refractivity contribution is 5.99. The van der Waals surface area contributed by atoms with E-state index in [1.165, 1.54) is 0 Å². The Labute approximate surface area is 143 Å². The Bertz CT molecular complexity index is 711. The molecule has 4 heteroatoms. The zero-order valence-electron chi connectivity index (χ0n) is 15.1. The topological polar surface area (TPSA) is 56.5 Å². The Morgan fingerprint density at radius 3 is 2.79 bits per heavy atom. The highest BCUT2D eigenvalue weighted by Gasteiger charge is 2.53. The molecule has 0 aromatic carbocycles. The molecule has 0 saturated heterocycles. The Morgan fingerprint density at radius 1 is 1.42 bits per heavy atom. The van der Waals surface area contributed by atoms with Gasteiger partial charge in [-0.15, -0.1) is 0 Å². The van der Waals surface area contributed by atoms with Crippen LogP contribution in [0.15, 0.2) is 22.3 Å². The molecule has 1 heterocycles. The fraction of sp³-hybridized carbons (Fsp3) is 0.600. The number of ketones is 1. The number of carbonyl (C=O) groups excluding carboxylic acids is 2. The molecule has 4 nitrogen and oxygen atoms in total. The van der Waals surface area contributed by atoms with Crippen molar-refractivity contribution in [2.45, 2.75) is 60.0 Å². The van der Waals surface area contributed by atoms with Crippen molar-refractivity contribution in [3.63, 3.8) is 0 Å². The van der Waals surface area contributed by atoms with Gasteiger partial charge in [0.2, 0.25) is 5.78 Å². The van der Waals surface area contributed by atoms with E-state index in [2.05, 4.69) is 13.8 Å². The van der Waals surface area contributed by atoms with E-state index in [4.69, 9.17) is 9.15 Å². The summed E-state index contributed by atoms with van der Waals surface area (Å²) in [6.45, 7) is 9.94. The maximum Gasteiger partial charge on any atom is 0.333 e. The number of esters is 1. The van der Waals surface area contributed by atoms with Crippen LogP contribution in [-0.2, 0) is 16.0 Å². The lowest BCUT2D eigenvalue weighted by Crippen LogP contribution is -2.50. The van der Waals surface area contributed by atoms with Crippen LogP contribution in [0.2, 0.25) is 0 Å². The summed E-state index contributed by atoms with van der Waals surface area (Å²) in [5.41, 5.74) is 2.63. The van der Waals surface area contributed by atoms with Gasteiger partial charge in [-0.05, 0) is 56.9 Å². The van der Waals surface area contributed by atoms with Crippen molar-refractivity contribution < 1.29 is 18.7 Å². The molecule has 2 aliphatic carbocycles. The summed E-state index contributed by atoms with van der Waals surface area (Å²) >= 11 is 0. The van der Waals surface area contributed by atoms with E-state index < -0.39 is 0 Å². The maximum atomic E-state index is 13.0. The first kappa shape index (κ1) is 17.0. The molecule has 4 atom stereocenters. The normalized spacial score (nSPS) is 33.0. The van der Waals surface area contributed by atoms with Crippen molar-refractivity contribution in [3.05, 3.63) is 34.8 Å². The molecule has 3 rings (SSSR count). The number of Topliss-reactive ketones (excluding diaryl/α,β-unsaturated/α-hetero) is 1. The second-order valence-corrected chi connectivity index (χ2v) is 7.70. The smallest absolute Gasteiger partial charge is 0.333 e. The summed E-state index contributed by atoms with van der Waals surface area (Å²) in [6.07, 6.45) is 5.47. The minimum absolute atomic E-state index is 0.0715. The van der Waals surface area contributed by atoms with E-state index in [0.717, 1.165) is 24.0 Å². The van der Waals surface area contributed by atoms with Gasteiger partial charge in [-0.2, -0.15) is 0 Å². The first-order chi connectivity index (χ1) is 11.3. The Balaban J connectivity index is 1.87. The largest absolute Gasteiger partial charge is 0.461 e. The number of rotatable bonds is 2. The molecule has 24 heavy (non-hydrogen) atoms. The fourth-order valence-electron chi connectivity index (χ4n) is 4.23. The number of aryl methyl sites for hydroxylation is 1. The molecule has 130 valence electrons. The molecule has 1 fully saturated rings. The third-order valence-corrected chi connectivity index (χ3v) is 6.27. The fourth-order valence-corrected chi connectivity index (χ4v) is 4.23. The van der Waals surface area contributed by atoms with Gasteiger partial charge >= 0.3 is 5.97 Å². The number of fused-ring (bicyclic) bond motifs is 2. The molecule has 2 aliphatic rings. The third kappa shape index (κ3) is 2.52. The summed E-state index contributed by atoms with van der Waals surface area (Å²) < 4.78 is 11.2. The molecule has 1 aromatic heterocycles. The van der Waals surface area contributed by atoms with Crippen LogP contribution in [0.4, 0.5) is 0 Å². The summed E-state index contributed by atoms with van der Waals surface area (Å²) in [7, 11) is 0. The van der Waals surface area contributed by atoms with Crippen LogP contribution in [-0.4, -0.2) is 17.9 Å². The molecule has 0 N–H and O–H groups in total. The zero-order valence-corrected chi connectivity index (χ0v) is 15.1. The Hall–Kier alpha value is -1.84. The molecule has 1 saturated carbocycles. The van der Waals surface area contributed by atoms with Crippen molar-refractivity contribution in [3.8, 4) is 0 Å². The van der Waals surface area contributed by atoms with Gasteiger partial charge in [-0.25, -0.2) is 4.79 Å². The van der Waals surface area contributed by atoms with Crippen molar-refractivity contribution in [2.75, 3.05) is 0 Å². The third-order valence-electron chi connectivity index (χ3n) is 6.27. The summed E-state index contributed by atoms with van der Waals surface area (Å²) in [5.74, 6) is 0.450. The second kappa shape index (κ2) is 5.91. The van der Waals surface area contributed by atoms with Crippen LogP contribution in [0.3, 0.4) is 0 Å². The molecule has 0 unspecified atom stereocenters. The van der Waals surface area contributed by atoms with Gasteiger partial charge in [0.25, 0.3) is 0 Å². The van der Waals surface area contributed by atoms with Crippen LogP contribution in [0, 0.1) is 24.2 Å². The Morgan fingerprint density at radius 2 is 2.12 bits per heavy atom. The number of furan rings is 1. The molecule has 0 amide bonds. The minimum atomic E-state index is -0.281. The predicted octanol–water partition coefficient (Wildman–Crippen LogP) is 4.26. The monoisotopic (exact) mass is 330 g/mol. The van der Waals surface area contributed by atoms with Crippen molar-refractivity contribution >= 4 is 11.8 Å². The number of allylic oxidation sites excluding steroid dienone is 1. The van der Waals surface area contributed by atoms with Crippen LogP contribution >= 0.6 is 0 Å². The van der Waals surface area contributed by atoms with E-state index in [1.54, 1.807) is 19.3 Å². The molecule has 0 bridgehead atoms. The summed E-state index contributed by atoms with van der Waals surface area (Å²) in [4.78, 5) is 25.1. The molecule has 0 aliphatic heterocycles. The SMILES string of the molecule is C/C=C(/C)C(=O)O[C@H]1C[C@H](C)[C@@]2(C)Cc3c(C)coc3C(=O)[C@@H]2C1. The van der Waals surface area contributed by atoms with Crippen LogP contribution in [0.1, 0.15) is 62.2 Å². The molecular formula is C20H26O4. The molecule has 0 radical (unpaired) electrons. The molecule has 1 aromatic rings. The maximum absolute atomic E-state index is 13.0. The van der Waals surface area contributed by atoms with E-state index >= 15 is 0 Å². The first-order valence-corrected chi connectivity index (χ1v) is 8.73. The Kier molecular flexibility index (Phi) is 4.18. The lowest BCUT2D eigenvalue weighted by atomic mass is 9.54. The number of ether oxygens (including phenoxy) is 1. The van der Waals surface area contributed by atoms with Gasteiger partial charge in [-0.3, -0.25) is 4.79 Å². The average Bonchev–Trinajstić information content (AvgIpc) is 2.90. The van der Waals surface area contributed by atoms with Crippen LogP contribution in [0.25, 0.3) is 0 Å². The van der Waals surface area contributed by atoms with Gasteiger partial charge in [0.05, 0.1) is 6.26 Å². The van der Waals surface area contributed by atoms with E-state index in [9.17, 15) is 9.59 Å². The minimum Gasteiger partial charge on any atom is -0.461 e.